The van der Waals surface area contributed by atoms with Crippen LogP contribution in [0.25, 0.3) is 0 Å². The number of nitrogens with zero attached hydrogens (tertiary/aromatic N) is 2. The third-order valence-corrected chi connectivity index (χ3v) is 9.65. The first-order valence-electron chi connectivity index (χ1n) is 15.1. The molecular formula is C38H30N2O3. The molecule has 0 amide bonds. The van der Waals surface area contributed by atoms with Crippen LogP contribution in [0.2, 0.25) is 0 Å². The minimum absolute atomic E-state index is 0.313. The maximum atomic E-state index is 13.4. The molecule has 0 saturated carbocycles. The van der Waals surface area contributed by atoms with Crippen molar-refractivity contribution >= 4 is 28.7 Å². The summed E-state index contributed by atoms with van der Waals surface area (Å²) in [6.45, 7) is 4.51. The normalized spacial score (nSPS) is 22.4. The molecule has 0 saturated heterocycles. The van der Waals surface area contributed by atoms with Crippen LogP contribution in [-0.4, -0.2) is 18.1 Å². The van der Waals surface area contributed by atoms with Crippen molar-refractivity contribution in [3.8, 4) is 11.5 Å². The molecule has 1 spiro atoms. The van der Waals surface area contributed by atoms with Gasteiger partial charge in [0.1, 0.15) is 11.5 Å². The molecule has 0 aliphatic carbocycles. The Morgan fingerprint density at radius 1 is 0.628 bits per heavy atom. The number of carbonyl (C=O) groups is 1. The van der Waals surface area contributed by atoms with Crippen LogP contribution >= 0.6 is 0 Å². The van der Waals surface area contributed by atoms with Crippen molar-refractivity contribution in [2.24, 2.45) is 0 Å². The van der Waals surface area contributed by atoms with E-state index in [1.54, 1.807) is 0 Å². The summed E-state index contributed by atoms with van der Waals surface area (Å²) in [5.74, 6) is 1.10. The summed E-state index contributed by atoms with van der Waals surface area (Å²) in [7, 11) is 0. The van der Waals surface area contributed by atoms with E-state index in [9.17, 15) is 4.79 Å². The van der Waals surface area contributed by atoms with E-state index in [2.05, 4.69) is 109 Å². The molecule has 2 atom stereocenters. The van der Waals surface area contributed by atoms with Crippen LogP contribution in [-0.2, 0) is 23.2 Å². The van der Waals surface area contributed by atoms with E-state index in [1.807, 2.05) is 24.3 Å². The standard InChI is InChI=1S/C38H30N2O3/c1-23-19-25-9-3-7-13-33(25)39(23)27-15-17-31-35(21-27)42-36-22-28(40-24(2)20-26-10-4-8-14-34(26)40)16-18-32(36)38(31)30-12-6-5-11-29(30)37(41)43-38/h3-18,21-24H,19-20H2,1-2H3. The van der Waals surface area contributed by atoms with Gasteiger partial charge in [-0.15, -0.1) is 0 Å². The van der Waals surface area contributed by atoms with Gasteiger partial charge in [0, 0.05) is 63.7 Å². The molecular weight excluding hydrogens is 532 g/mol. The highest BCUT2D eigenvalue weighted by Gasteiger charge is 2.53. The van der Waals surface area contributed by atoms with E-state index in [0.29, 0.717) is 29.1 Å². The van der Waals surface area contributed by atoms with Crippen molar-refractivity contribution < 1.29 is 14.3 Å². The third kappa shape index (κ3) is 3.30. The van der Waals surface area contributed by atoms with Gasteiger partial charge >= 0.3 is 5.97 Å². The lowest BCUT2D eigenvalue weighted by Gasteiger charge is -2.38. The van der Waals surface area contributed by atoms with Gasteiger partial charge in [0.05, 0.1) is 5.56 Å². The molecule has 5 nitrogen and oxygen atoms in total. The second-order valence-electron chi connectivity index (χ2n) is 12.2. The van der Waals surface area contributed by atoms with Crippen molar-refractivity contribution in [3.05, 3.63) is 143 Å². The summed E-state index contributed by atoms with van der Waals surface area (Å²) in [5.41, 5.74) is 9.31. The highest BCUT2D eigenvalue weighted by Crippen LogP contribution is 2.58. The molecule has 0 bridgehead atoms. The zero-order valence-corrected chi connectivity index (χ0v) is 24.1. The summed E-state index contributed by atoms with van der Waals surface area (Å²) in [6, 6.07) is 38.2. The lowest BCUT2D eigenvalue weighted by atomic mass is 9.77. The number of rotatable bonds is 2. The summed E-state index contributed by atoms with van der Waals surface area (Å²) < 4.78 is 13.3. The average Bonchev–Trinajstić information content (AvgIpc) is 3.64. The Hall–Kier alpha value is -5.03. The SMILES string of the molecule is CC1Cc2ccccc2N1c1ccc2c(c1)Oc1cc(N3c4ccccc4CC3C)ccc1C21OC(=O)c2ccccc21. The first-order chi connectivity index (χ1) is 21.0. The van der Waals surface area contributed by atoms with Gasteiger partial charge in [0.15, 0.2) is 5.60 Å². The first-order valence-corrected chi connectivity index (χ1v) is 15.1. The highest BCUT2D eigenvalue weighted by atomic mass is 16.6. The van der Waals surface area contributed by atoms with E-state index < -0.39 is 5.60 Å². The number of hydrogen-bond donors (Lipinski definition) is 0. The zero-order chi connectivity index (χ0) is 28.9. The number of esters is 1. The molecule has 0 N–H and O–H groups in total. The molecule has 0 radical (unpaired) electrons. The van der Waals surface area contributed by atoms with Crippen molar-refractivity contribution in [2.75, 3.05) is 9.80 Å². The molecule has 5 heteroatoms. The number of anilines is 4. The van der Waals surface area contributed by atoms with Gasteiger partial charge in [-0.1, -0.05) is 54.6 Å². The maximum absolute atomic E-state index is 13.4. The van der Waals surface area contributed by atoms with E-state index in [4.69, 9.17) is 9.47 Å². The number of para-hydroxylation sites is 2. The van der Waals surface area contributed by atoms with Crippen LogP contribution < -0.4 is 14.5 Å². The molecule has 2 unspecified atom stereocenters. The Morgan fingerprint density at radius 3 is 1.72 bits per heavy atom. The van der Waals surface area contributed by atoms with Crippen LogP contribution in [0.3, 0.4) is 0 Å². The van der Waals surface area contributed by atoms with Gasteiger partial charge in [-0.05, 0) is 80.3 Å². The Labute approximate surface area is 250 Å². The number of hydrogen-bond acceptors (Lipinski definition) is 5. The fourth-order valence-electron chi connectivity index (χ4n) is 7.87. The van der Waals surface area contributed by atoms with Gasteiger partial charge in [-0.2, -0.15) is 0 Å². The highest BCUT2D eigenvalue weighted by molar-refractivity contribution is 5.97. The minimum Gasteiger partial charge on any atom is -0.456 e. The zero-order valence-electron chi connectivity index (χ0n) is 24.1. The predicted molar refractivity (Wildman–Crippen MR) is 168 cm³/mol. The molecule has 5 aromatic carbocycles. The third-order valence-electron chi connectivity index (χ3n) is 9.65. The molecule has 4 heterocycles. The van der Waals surface area contributed by atoms with Crippen molar-refractivity contribution in [3.63, 3.8) is 0 Å². The second-order valence-corrected chi connectivity index (χ2v) is 12.2. The molecule has 0 fully saturated rings. The van der Waals surface area contributed by atoms with Crippen LogP contribution in [0.1, 0.15) is 52.0 Å². The Morgan fingerprint density at radius 2 is 1.14 bits per heavy atom. The lowest BCUT2D eigenvalue weighted by Crippen LogP contribution is -2.33. The number of carbonyl (C=O) groups excluding carboxylic acids is 1. The van der Waals surface area contributed by atoms with Gasteiger partial charge in [0.2, 0.25) is 0 Å². The van der Waals surface area contributed by atoms with Gasteiger partial charge < -0.3 is 19.3 Å². The Balaban J connectivity index is 1.23. The fourth-order valence-corrected chi connectivity index (χ4v) is 7.87. The molecule has 0 aromatic heterocycles. The topological polar surface area (TPSA) is 42.0 Å². The van der Waals surface area contributed by atoms with Crippen molar-refractivity contribution in [1.29, 1.82) is 0 Å². The number of fused-ring (bicyclic) bond motifs is 8. The molecule has 9 rings (SSSR count). The predicted octanol–water partition coefficient (Wildman–Crippen LogP) is 8.42. The van der Waals surface area contributed by atoms with Gasteiger partial charge in [-0.3, -0.25) is 0 Å². The van der Waals surface area contributed by atoms with E-state index in [-0.39, 0.29) is 5.97 Å². The molecule has 4 aliphatic rings. The molecule has 43 heavy (non-hydrogen) atoms. The summed E-state index contributed by atoms with van der Waals surface area (Å²) in [5, 5.41) is 0. The minimum atomic E-state index is -1.09. The second kappa shape index (κ2) is 8.74. The van der Waals surface area contributed by atoms with Crippen LogP contribution in [0.5, 0.6) is 11.5 Å². The van der Waals surface area contributed by atoms with Crippen molar-refractivity contribution in [1.82, 2.24) is 0 Å². The monoisotopic (exact) mass is 562 g/mol. The maximum Gasteiger partial charge on any atom is 0.340 e. The first kappa shape index (κ1) is 24.6. The molecule has 4 aliphatic heterocycles. The summed E-state index contributed by atoms with van der Waals surface area (Å²) in [6.07, 6.45) is 1.98. The van der Waals surface area contributed by atoms with Crippen LogP contribution in [0.15, 0.2) is 109 Å². The smallest absolute Gasteiger partial charge is 0.340 e. The van der Waals surface area contributed by atoms with E-state index >= 15 is 0 Å². The Kier molecular flexibility index (Phi) is 4.99. The Bertz CT molecular complexity index is 1870. The lowest BCUT2D eigenvalue weighted by molar-refractivity contribution is 0.0224. The van der Waals surface area contributed by atoms with E-state index in [1.165, 1.54) is 22.5 Å². The molecule has 5 aromatic rings. The van der Waals surface area contributed by atoms with E-state index in [0.717, 1.165) is 40.9 Å². The fraction of sp³-hybridized carbons (Fsp3) is 0.184. The van der Waals surface area contributed by atoms with Gasteiger partial charge in [0.25, 0.3) is 0 Å². The largest absolute Gasteiger partial charge is 0.456 e. The van der Waals surface area contributed by atoms with Crippen molar-refractivity contribution in [2.45, 2.75) is 44.4 Å². The number of ether oxygens (including phenoxy) is 2. The molecule has 210 valence electrons. The van der Waals surface area contributed by atoms with Gasteiger partial charge in [-0.25, -0.2) is 4.79 Å². The van der Waals surface area contributed by atoms with Crippen LogP contribution in [0.4, 0.5) is 22.7 Å². The number of benzene rings is 5. The quantitative estimate of drug-likeness (QED) is 0.202. The summed E-state index contributed by atoms with van der Waals surface area (Å²) >= 11 is 0. The summed E-state index contributed by atoms with van der Waals surface area (Å²) in [4.78, 5) is 18.2. The van der Waals surface area contributed by atoms with Crippen LogP contribution in [0, 0.1) is 0 Å². The average molecular weight is 563 g/mol.